The minimum atomic E-state index is -0.300. The second-order valence-corrected chi connectivity index (χ2v) is 7.85. The van der Waals surface area contributed by atoms with Gasteiger partial charge in [-0.15, -0.1) is 11.8 Å². The van der Waals surface area contributed by atoms with Gasteiger partial charge < -0.3 is 4.42 Å². The molecule has 0 bridgehead atoms. The van der Waals surface area contributed by atoms with Crippen LogP contribution in [-0.2, 0) is 0 Å². The Morgan fingerprint density at radius 1 is 0.857 bits per heavy atom. The van der Waals surface area contributed by atoms with E-state index in [1.54, 1.807) is 30.1 Å². The Morgan fingerprint density at radius 2 is 1.57 bits per heavy atom. The molecule has 4 rings (SSSR count). The van der Waals surface area contributed by atoms with Crippen molar-refractivity contribution < 1.29 is 8.81 Å². The molecule has 0 spiro atoms. The molecule has 0 atom stereocenters. The Hall–Kier alpha value is -2.64. The highest BCUT2D eigenvalue weighted by molar-refractivity contribution is 7.99. The van der Waals surface area contributed by atoms with Crippen LogP contribution in [-0.4, -0.2) is 21.2 Å². The van der Waals surface area contributed by atoms with Gasteiger partial charge in [0.2, 0.25) is 5.89 Å². The summed E-state index contributed by atoms with van der Waals surface area (Å²) in [6, 6.07) is 13.9. The number of oxazole rings is 1. The highest BCUT2D eigenvalue weighted by atomic mass is 32.2. The third kappa shape index (κ3) is 4.10. The van der Waals surface area contributed by atoms with Crippen molar-refractivity contribution in [1.82, 2.24) is 15.0 Å². The quantitative estimate of drug-likeness (QED) is 0.370. The number of pyridine rings is 2. The summed E-state index contributed by atoms with van der Waals surface area (Å²) in [5.74, 6) is 0.129. The molecule has 140 valence electrons. The van der Waals surface area contributed by atoms with E-state index in [0.717, 1.165) is 21.2 Å². The van der Waals surface area contributed by atoms with Crippen molar-refractivity contribution >= 4 is 23.5 Å². The molecule has 1 aromatic carbocycles. The van der Waals surface area contributed by atoms with Gasteiger partial charge in [0.25, 0.3) is 0 Å². The predicted octanol–water partition coefficient (Wildman–Crippen LogP) is 6.12. The summed E-state index contributed by atoms with van der Waals surface area (Å²) >= 11 is 2.98. The van der Waals surface area contributed by atoms with Gasteiger partial charge in [-0.1, -0.05) is 6.07 Å². The highest BCUT2D eigenvalue weighted by Crippen LogP contribution is 2.38. The van der Waals surface area contributed by atoms with Gasteiger partial charge in [0, 0.05) is 23.5 Å². The van der Waals surface area contributed by atoms with Crippen molar-refractivity contribution in [1.29, 1.82) is 0 Å². The fourth-order valence-electron chi connectivity index (χ4n) is 2.52. The van der Waals surface area contributed by atoms with Crippen LogP contribution in [0.2, 0.25) is 0 Å². The Labute approximate surface area is 170 Å². The first kappa shape index (κ1) is 18.7. The van der Waals surface area contributed by atoms with Crippen molar-refractivity contribution in [3.63, 3.8) is 0 Å². The molecule has 0 aliphatic heterocycles. The number of aromatic nitrogens is 3. The fourth-order valence-corrected chi connectivity index (χ4v) is 3.70. The molecule has 4 nitrogen and oxygen atoms in total. The van der Waals surface area contributed by atoms with Gasteiger partial charge in [-0.3, -0.25) is 0 Å². The second kappa shape index (κ2) is 8.16. The maximum Gasteiger partial charge on any atom is 0.228 e. The van der Waals surface area contributed by atoms with Gasteiger partial charge in [0.15, 0.2) is 5.09 Å². The van der Waals surface area contributed by atoms with Crippen LogP contribution in [0.1, 0.15) is 5.56 Å². The standard InChI is InChI=1S/C21H16FN3OS2/c1-13-3-9-18(23-11-13)28-21-19(15-6-10-17(27-2)24-12-15)25-20(26-21)14-4-7-16(22)8-5-14/h3-12H,1-2H3. The van der Waals surface area contributed by atoms with Gasteiger partial charge in [-0.2, -0.15) is 0 Å². The lowest BCUT2D eigenvalue weighted by molar-refractivity contribution is 0.485. The van der Waals surface area contributed by atoms with Crippen LogP contribution in [0.15, 0.2) is 80.5 Å². The minimum absolute atomic E-state index is 0.300. The summed E-state index contributed by atoms with van der Waals surface area (Å²) in [5, 5.41) is 2.36. The van der Waals surface area contributed by atoms with Crippen molar-refractivity contribution in [2.45, 2.75) is 22.1 Å². The van der Waals surface area contributed by atoms with E-state index in [2.05, 4.69) is 15.0 Å². The molecule has 3 aromatic heterocycles. The molecular weight excluding hydrogens is 393 g/mol. The van der Waals surface area contributed by atoms with Crippen LogP contribution >= 0.6 is 23.5 Å². The smallest absolute Gasteiger partial charge is 0.228 e. The number of nitrogens with zero attached hydrogens (tertiary/aromatic N) is 3. The van der Waals surface area contributed by atoms with Crippen LogP contribution in [0.4, 0.5) is 4.39 Å². The molecule has 0 amide bonds. The zero-order valence-corrected chi connectivity index (χ0v) is 16.9. The van der Waals surface area contributed by atoms with Crippen LogP contribution in [0.3, 0.4) is 0 Å². The van der Waals surface area contributed by atoms with Crippen molar-refractivity contribution in [3.8, 4) is 22.7 Å². The number of thioether (sulfide) groups is 1. The molecule has 0 aliphatic rings. The summed E-state index contributed by atoms with van der Waals surface area (Å²) in [7, 11) is 0. The summed E-state index contributed by atoms with van der Waals surface area (Å²) in [6.07, 6.45) is 5.58. The molecule has 0 N–H and O–H groups in total. The summed E-state index contributed by atoms with van der Waals surface area (Å²) in [6.45, 7) is 1.99. The first-order valence-corrected chi connectivity index (χ1v) is 10.5. The van der Waals surface area contributed by atoms with Crippen molar-refractivity contribution in [2.24, 2.45) is 0 Å². The van der Waals surface area contributed by atoms with E-state index in [0.29, 0.717) is 22.2 Å². The topological polar surface area (TPSA) is 51.8 Å². The average Bonchev–Trinajstić information content (AvgIpc) is 3.14. The van der Waals surface area contributed by atoms with Gasteiger partial charge in [-0.05, 0) is 73.0 Å². The average molecular weight is 410 g/mol. The summed E-state index contributed by atoms with van der Waals surface area (Å²) in [5.41, 5.74) is 3.34. The highest BCUT2D eigenvalue weighted by Gasteiger charge is 2.18. The third-order valence-electron chi connectivity index (χ3n) is 3.99. The molecule has 0 unspecified atom stereocenters. The number of benzene rings is 1. The molecule has 7 heteroatoms. The Bertz CT molecular complexity index is 1080. The van der Waals surface area contributed by atoms with E-state index in [1.807, 2.05) is 43.6 Å². The maximum atomic E-state index is 13.3. The largest absolute Gasteiger partial charge is 0.429 e. The molecular formula is C21H16FN3OS2. The predicted molar refractivity (Wildman–Crippen MR) is 110 cm³/mol. The van der Waals surface area contributed by atoms with Gasteiger partial charge in [0.05, 0.1) is 5.03 Å². The molecule has 0 aliphatic carbocycles. The SMILES string of the molecule is CSc1ccc(-c2nc(-c3ccc(F)cc3)oc2Sc2ccc(C)cn2)cn1. The normalized spacial score (nSPS) is 11.0. The van der Waals surface area contributed by atoms with Crippen LogP contribution in [0.5, 0.6) is 0 Å². The summed E-state index contributed by atoms with van der Waals surface area (Å²) in [4.78, 5) is 13.5. The zero-order chi connectivity index (χ0) is 19.5. The van der Waals surface area contributed by atoms with Crippen LogP contribution < -0.4 is 0 Å². The van der Waals surface area contributed by atoms with E-state index >= 15 is 0 Å². The Morgan fingerprint density at radius 3 is 2.21 bits per heavy atom. The zero-order valence-electron chi connectivity index (χ0n) is 15.2. The maximum absolute atomic E-state index is 13.3. The molecule has 0 radical (unpaired) electrons. The molecule has 3 heterocycles. The number of aryl methyl sites for hydroxylation is 1. The summed E-state index contributed by atoms with van der Waals surface area (Å²) < 4.78 is 19.3. The monoisotopic (exact) mass is 409 g/mol. The molecule has 28 heavy (non-hydrogen) atoms. The van der Waals surface area contributed by atoms with Gasteiger partial charge in [-0.25, -0.2) is 19.3 Å². The number of halogens is 1. The fraction of sp³-hybridized carbons (Fsp3) is 0.0952. The Balaban J connectivity index is 1.76. The van der Waals surface area contributed by atoms with E-state index in [4.69, 9.17) is 4.42 Å². The number of hydrogen-bond acceptors (Lipinski definition) is 6. The first-order valence-electron chi connectivity index (χ1n) is 8.50. The molecule has 4 aromatic rings. The second-order valence-electron chi connectivity index (χ2n) is 6.03. The van der Waals surface area contributed by atoms with E-state index < -0.39 is 0 Å². The third-order valence-corrected chi connectivity index (χ3v) is 5.56. The lowest BCUT2D eigenvalue weighted by atomic mass is 10.2. The lowest BCUT2D eigenvalue weighted by Crippen LogP contribution is -1.86. The molecule has 0 saturated heterocycles. The lowest BCUT2D eigenvalue weighted by Gasteiger charge is -2.02. The van der Waals surface area contributed by atoms with Crippen LogP contribution in [0.25, 0.3) is 22.7 Å². The van der Waals surface area contributed by atoms with E-state index in [1.165, 1.54) is 23.9 Å². The van der Waals surface area contributed by atoms with Gasteiger partial charge in [0.1, 0.15) is 16.5 Å². The van der Waals surface area contributed by atoms with Crippen molar-refractivity contribution in [3.05, 3.63) is 72.3 Å². The number of hydrogen-bond donors (Lipinski definition) is 0. The molecule has 0 saturated carbocycles. The first-order chi connectivity index (χ1) is 13.6. The van der Waals surface area contributed by atoms with E-state index in [9.17, 15) is 4.39 Å². The number of rotatable bonds is 5. The van der Waals surface area contributed by atoms with E-state index in [-0.39, 0.29) is 5.82 Å². The van der Waals surface area contributed by atoms with Crippen molar-refractivity contribution in [2.75, 3.05) is 6.26 Å². The van der Waals surface area contributed by atoms with Gasteiger partial charge >= 0.3 is 0 Å². The minimum Gasteiger partial charge on any atom is -0.429 e. The van der Waals surface area contributed by atoms with Crippen LogP contribution in [0, 0.1) is 12.7 Å². The molecule has 0 fully saturated rings. The Kier molecular flexibility index (Phi) is 5.45.